The van der Waals surface area contributed by atoms with Crippen molar-refractivity contribution in [2.75, 3.05) is 0 Å². The molecule has 0 aliphatic heterocycles. The second kappa shape index (κ2) is 2.54. The molecule has 2 aromatic heterocycles. The lowest BCUT2D eigenvalue weighted by Gasteiger charge is -1.96. The maximum absolute atomic E-state index is 4.15. The van der Waals surface area contributed by atoms with Crippen molar-refractivity contribution in [3.05, 3.63) is 42.0 Å². The summed E-state index contributed by atoms with van der Waals surface area (Å²) in [5, 5.41) is 5.95. The van der Waals surface area contributed by atoms with E-state index in [4.69, 9.17) is 0 Å². The summed E-state index contributed by atoms with van der Waals surface area (Å²) in [4.78, 5) is 4.15. The summed E-state index contributed by atoms with van der Waals surface area (Å²) in [5.41, 5.74) is 0. The predicted octanol–water partition coefficient (Wildman–Crippen LogP) is 3.45. The summed E-state index contributed by atoms with van der Waals surface area (Å²) in [6.07, 6.45) is 3.77. The quantitative estimate of drug-likeness (QED) is 0.522. The number of pyridine rings is 1. The first-order chi connectivity index (χ1) is 6.45. The second-order valence-corrected chi connectivity index (χ2v) is 3.94. The third-order valence-electron chi connectivity index (χ3n) is 2.25. The highest BCUT2D eigenvalue weighted by Crippen LogP contribution is 2.27. The molecule has 0 bridgehead atoms. The molecule has 62 valence electrons. The van der Waals surface area contributed by atoms with E-state index in [1.54, 1.807) is 11.3 Å². The van der Waals surface area contributed by atoms with Gasteiger partial charge in [-0.3, -0.25) is 4.98 Å². The standard InChI is InChI=1S/C11H7NS/c1-2-11-9(4-6-13-11)10-7-12-5-3-8(1)10/h1-7H. The number of hydrogen-bond donors (Lipinski definition) is 0. The molecule has 0 aliphatic carbocycles. The number of rotatable bonds is 0. The first kappa shape index (κ1) is 7.04. The molecule has 0 unspecified atom stereocenters. The molecule has 0 saturated heterocycles. The Labute approximate surface area is 79.7 Å². The van der Waals surface area contributed by atoms with Crippen LogP contribution in [-0.2, 0) is 0 Å². The Morgan fingerprint density at radius 2 is 2.00 bits per heavy atom. The fourth-order valence-electron chi connectivity index (χ4n) is 1.61. The van der Waals surface area contributed by atoms with E-state index in [2.05, 4.69) is 28.6 Å². The third kappa shape index (κ3) is 0.956. The molecule has 0 saturated carbocycles. The van der Waals surface area contributed by atoms with Gasteiger partial charge in [-0.05, 0) is 29.0 Å². The predicted molar refractivity (Wildman–Crippen MR) is 57.1 cm³/mol. The lowest BCUT2D eigenvalue weighted by atomic mass is 10.1. The minimum absolute atomic E-state index is 1.25. The van der Waals surface area contributed by atoms with Crippen LogP contribution in [0.1, 0.15) is 0 Å². The van der Waals surface area contributed by atoms with Gasteiger partial charge in [0.25, 0.3) is 0 Å². The van der Waals surface area contributed by atoms with Crippen molar-refractivity contribution < 1.29 is 0 Å². The van der Waals surface area contributed by atoms with Crippen molar-refractivity contribution in [1.82, 2.24) is 4.98 Å². The summed E-state index contributed by atoms with van der Waals surface area (Å²) in [6, 6.07) is 8.52. The van der Waals surface area contributed by atoms with Crippen LogP contribution in [0.15, 0.2) is 42.0 Å². The number of hydrogen-bond acceptors (Lipinski definition) is 2. The minimum Gasteiger partial charge on any atom is -0.264 e. The van der Waals surface area contributed by atoms with Crippen molar-refractivity contribution in [3.63, 3.8) is 0 Å². The summed E-state index contributed by atoms with van der Waals surface area (Å²) in [6.45, 7) is 0. The summed E-state index contributed by atoms with van der Waals surface area (Å²) in [7, 11) is 0. The summed E-state index contributed by atoms with van der Waals surface area (Å²) < 4.78 is 1.33. The molecule has 0 atom stereocenters. The zero-order chi connectivity index (χ0) is 8.67. The van der Waals surface area contributed by atoms with Gasteiger partial charge in [0, 0.05) is 27.9 Å². The average Bonchev–Trinajstić information content (AvgIpc) is 2.65. The smallest absolute Gasteiger partial charge is 0.0352 e. The van der Waals surface area contributed by atoms with E-state index >= 15 is 0 Å². The van der Waals surface area contributed by atoms with Gasteiger partial charge in [0.15, 0.2) is 0 Å². The molecule has 3 aromatic rings. The third-order valence-corrected chi connectivity index (χ3v) is 3.14. The fraction of sp³-hybridized carbons (Fsp3) is 0. The van der Waals surface area contributed by atoms with Gasteiger partial charge in [-0.25, -0.2) is 0 Å². The lowest BCUT2D eigenvalue weighted by molar-refractivity contribution is 1.37. The van der Waals surface area contributed by atoms with Crippen LogP contribution in [0.3, 0.4) is 0 Å². The van der Waals surface area contributed by atoms with Gasteiger partial charge in [-0.2, -0.15) is 0 Å². The van der Waals surface area contributed by atoms with Gasteiger partial charge in [-0.1, -0.05) is 6.07 Å². The molecular formula is C11H7NS. The molecule has 0 amide bonds. The Balaban J connectivity index is 2.65. The fourth-order valence-corrected chi connectivity index (χ4v) is 2.42. The monoisotopic (exact) mass is 185 g/mol. The Bertz CT molecular complexity index is 568. The molecule has 0 N–H and O–H groups in total. The topological polar surface area (TPSA) is 12.9 Å². The van der Waals surface area contributed by atoms with Gasteiger partial charge >= 0.3 is 0 Å². The van der Waals surface area contributed by atoms with Crippen LogP contribution >= 0.6 is 11.3 Å². The van der Waals surface area contributed by atoms with E-state index < -0.39 is 0 Å². The number of nitrogens with zero attached hydrogens (tertiary/aromatic N) is 1. The van der Waals surface area contributed by atoms with E-state index in [0.717, 1.165) is 0 Å². The van der Waals surface area contributed by atoms with Crippen molar-refractivity contribution in [2.45, 2.75) is 0 Å². The van der Waals surface area contributed by atoms with Gasteiger partial charge in [-0.15, -0.1) is 11.3 Å². The highest BCUT2D eigenvalue weighted by atomic mass is 32.1. The van der Waals surface area contributed by atoms with Crippen LogP contribution in [0.4, 0.5) is 0 Å². The van der Waals surface area contributed by atoms with Crippen LogP contribution < -0.4 is 0 Å². The van der Waals surface area contributed by atoms with Gasteiger partial charge < -0.3 is 0 Å². The van der Waals surface area contributed by atoms with Crippen LogP contribution in [0.2, 0.25) is 0 Å². The number of aromatic nitrogens is 1. The summed E-state index contributed by atoms with van der Waals surface area (Å²) in [5.74, 6) is 0. The van der Waals surface area contributed by atoms with Gasteiger partial charge in [0.1, 0.15) is 0 Å². The Kier molecular flexibility index (Phi) is 1.37. The van der Waals surface area contributed by atoms with E-state index in [1.807, 2.05) is 18.5 Å². The van der Waals surface area contributed by atoms with E-state index in [9.17, 15) is 0 Å². The Hall–Kier alpha value is -1.41. The Morgan fingerprint density at radius 3 is 3.00 bits per heavy atom. The van der Waals surface area contributed by atoms with Gasteiger partial charge in [0.2, 0.25) is 0 Å². The normalized spacial score (nSPS) is 11.1. The highest BCUT2D eigenvalue weighted by Gasteiger charge is 1.99. The molecule has 2 heterocycles. The first-order valence-corrected chi connectivity index (χ1v) is 5.03. The largest absolute Gasteiger partial charge is 0.264 e. The van der Waals surface area contributed by atoms with Crippen molar-refractivity contribution in [2.24, 2.45) is 0 Å². The molecule has 13 heavy (non-hydrogen) atoms. The molecule has 0 aliphatic rings. The Morgan fingerprint density at radius 1 is 1.00 bits per heavy atom. The number of thiophene rings is 1. The minimum atomic E-state index is 1.25. The van der Waals surface area contributed by atoms with Crippen LogP contribution in [-0.4, -0.2) is 4.98 Å². The van der Waals surface area contributed by atoms with E-state index in [0.29, 0.717) is 0 Å². The average molecular weight is 185 g/mol. The van der Waals surface area contributed by atoms with Gasteiger partial charge in [0.05, 0.1) is 0 Å². The molecule has 3 rings (SSSR count). The maximum atomic E-state index is 4.15. The molecule has 0 spiro atoms. The van der Waals surface area contributed by atoms with Crippen molar-refractivity contribution in [3.8, 4) is 0 Å². The lowest BCUT2D eigenvalue weighted by Crippen LogP contribution is -1.74. The van der Waals surface area contributed by atoms with Crippen molar-refractivity contribution >= 4 is 32.2 Å². The molecule has 0 radical (unpaired) electrons. The van der Waals surface area contributed by atoms with Crippen LogP contribution in [0.5, 0.6) is 0 Å². The number of benzene rings is 1. The van der Waals surface area contributed by atoms with Crippen LogP contribution in [0, 0.1) is 0 Å². The zero-order valence-electron chi connectivity index (χ0n) is 6.90. The van der Waals surface area contributed by atoms with E-state index in [1.165, 1.54) is 20.9 Å². The molecule has 1 aromatic carbocycles. The molecular weight excluding hydrogens is 178 g/mol. The maximum Gasteiger partial charge on any atom is 0.0352 e. The molecule has 1 nitrogen and oxygen atoms in total. The summed E-state index contributed by atoms with van der Waals surface area (Å²) >= 11 is 1.77. The van der Waals surface area contributed by atoms with Crippen LogP contribution in [0.25, 0.3) is 20.9 Å². The highest BCUT2D eigenvalue weighted by molar-refractivity contribution is 7.17. The molecule has 0 fully saturated rings. The SMILES string of the molecule is c1cc2ccc3sccc3c2cn1. The zero-order valence-corrected chi connectivity index (χ0v) is 7.71. The number of fused-ring (bicyclic) bond motifs is 3. The van der Waals surface area contributed by atoms with E-state index in [-0.39, 0.29) is 0 Å². The molecule has 2 heteroatoms. The van der Waals surface area contributed by atoms with Crippen molar-refractivity contribution in [1.29, 1.82) is 0 Å². The second-order valence-electron chi connectivity index (χ2n) is 2.99. The first-order valence-electron chi connectivity index (χ1n) is 4.15.